The van der Waals surface area contributed by atoms with Gasteiger partial charge < -0.3 is 9.80 Å². The Balaban J connectivity index is 1.93. The van der Waals surface area contributed by atoms with Crippen molar-refractivity contribution < 1.29 is 9.59 Å². The molecule has 2 fully saturated rings. The SMILES string of the molecule is CCCCN(CCCC)C(=O)C1CC(=O)N(C2CCCC2)C1. The molecule has 1 aliphatic carbocycles. The molecule has 1 atom stereocenters. The minimum absolute atomic E-state index is 0.0955. The summed E-state index contributed by atoms with van der Waals surface area (Å²) in [6.07, 6.45) is 9.47. The van der Waals surface area contributed by atoms with Crippen LogP contribution in [0.4, 0.5) is 0 Å². The highest BCUT2D eigenvalue weighted by Gasteiger charge is 2.39. The number of carbonyl (C=O) groups is 2. The van der Waals surface area contributed by atoms with E-state index in [0.717, 1.165) is 51.6 Å². The first kappa shape index (κ1) is 17.3. The second-order valence-corrected chi connectivity index (χ2v) is 6.92. The van der Waals surface area contributed by atoms with E-state index < -0.39 is 0 Å². The average molecular weight is 308 g/mol. The van der Waals surface area contributed by atoms with Crippen LogP contribution < -0.4 is 0 Å². The molecule has 4 nitrogen and oxygen atoms in total. The van der Waals surface area contributed by atoms with Gasteiger partial charge in [-0.1, -0.05) is 39.5 Å². The molecule has 0 radical (unpaired) electrons. The summed E-state index contributed by atoms with van der Waals surface area (Å²) in [5.41, 5.74) is 0. The highest BCUT2D eigenvalue weighted by molar-refractivity contribution is 5.89. The van der Waals surface area contributed by atoms with Crippen LogP contribution in [0.15, 0.2) is 0 Å². The first-order valence-corrected chi connectivity index (χ1v) is 9.25. The normalized spacial score (nSPS) is 22.5. The Hall–Kier alpha value is -1.06. The second kappa shape index (κ2) is 8.54. The van der Waals surface area contributed by atoms with Gasteiger partial charge in [0.05, 0.1) is 5.92 Å². The molecule has 1 heterocycles. The van der Waals surface area contributed by atoms with Crippen LogP contribution in [0.5, 0.6) is 0 Å². The fourth-order valence-electron chi connectivity index (χ4n) is 3.75. The van der Waals surface area contributed by atoms with Gasteiger partial charge in [0.25, 0.3) is 0 Å². The van der Waals surface area contributed by atoms with Crippen molar-refractivity contribution in [3.63, 3.8) is 0 Å². The fraction of sp³-hybridized carbons (Fsp3) is 0.889. The predicted octanol–water partition coefficient (Wildman–Crippen LogP) is 3.21. The van der Waals surface area contributed by atoms with E-state index in [9.17, 15) is 9.59 Å². The third kappa shape index (κ3) is 4.23. The number of likely N-dealkylation sites (tertiary alicyclic amines) is 1. The van der Waals surface area contributed by atoms with E-state index in [4.69, 9.17) is 0 Å². The molecule has 2 rings (SSSR count). The van der Waals surface area contributed by atoms with Gasteiger partial charge in [-0.15, -0.1) is 0 Å². The topological polar surface area (TPSA) is 40.6 Å². The third-order valence-electron chi connectivity index (χ3n) is 5.15. The van der Waals surface area contributed by atoms with E-state index in [2.05, 4.69) is 13.8 Å². The molecular formula is C18H32N2O2. The van der Waals surface area contributed by atoms with Crippen LogP contribution in [-0.4, -0.2) is 47.3 Å². The molecular weight excluding hydrogens is 276 g/mol. The minimum Gasteiger partial charge on any atom is -0.342 e. The van der Waals surface area contributed by atoms with Crippen LogP contribution in [0.1, 0.15) is 71.6 Å². The Morgan fingerprint density at radius 1 is 1.14 bits per heavy atom. The van der Waals surface area contributed by atoms with E-state index >= 15 is 0 Å². The first-order chi connectivity index (χ1) is 10.7. The maximum Gasteiger partial charge on any atom is 0.227 e. The molecule has 1 unspecified atom stereocenters. The molecule has 0 aromatic carbocycles. The molecule has 1 saturated heterocycles. The quantitative estimate of drug-likeness (QED) is 0.691. The summed E-state index contributed by atoms with van der Waals surface area (Å²) in [7, 11) is 0. The monoisotopic (exact) mass is 308 g/mol. The lowest BCUT2D eigenvalue weighted by Crippen LogP contribution is -2.40. The van der Waals surface area contributed by atoms with Crippen LogP contribution in [-0.2, 0) is 9.59 Å². The van der Waals surface area contributed by atoms with Crippen molar-refractivity contribution in [3.8, 4) is 0 Å². The summed E-state index contributed by atoms with van der Waals surface area (Å²) in [5.74, 6) is 0.328. The van der Waals surface area contributed by atoms with Gasteiger partial charge in [0, 0.05) is 32.1 Å². The molecule has 1 saturated carbocycles. The standard InChI is InChI=1S/C18H32N2O2/c1-3-5-11-19(12-6-4-2)18(22)15-13-17(21)20(14-15)16-9-7-8-10-16/h15-16H,3-14H2,1-2H3. The maximum atomic E-state index is 12.8. The second-order valence-electron chi connectivity index (χ2n) is 6.92. The Kier molecular flexibility index (Phi) is 6.71. The number of nitrogens with zero attached hydrogens (tertiary/aromatic N) is 2. The van der Waals surface area contributed by atoms with Crippen molar-refractivity contribution in [2.45, 2.75) is 77.7 Å². The average Bonchev–Trinajstić information content (AvgIpc) is 3.16. The molecule has 2 amide bonds. The van der Waals surface area contributed by atoms with E-state index in [1.54, 1.807) is 0 Å². The summed E-state index contributed by atoms with van der Waals surface area (Å²) < 4.78 is 0. The van der Waals surface area contributed by atoms with Crippen molar-refractivity contribution in [1.82, 2.24) is 9.80 Å². The van der Waals surface area contributed by atoms with Crippen LogP contribution >= 0.6 is 0 Å². The van der Waals surface area contributed by atoms with E-state index in [1.807, 2.05) is 9.80 Å². The lowest BCUT2D eigenvalue weighted by molar-refractivity contribution is -0.136. The van der Waals surface area contributed by atoms with Gasteiger partial charge in [-0.2, -0.15) is 0 Å². The zero-order chi connectivity index (χ0) is 15.9. The van der Waals surface area contributed by atoms with Gasteiger partial charge in [-0.25, -0.2) is 0 Å². The number of unbranched alkanes of at least 4 members (excludes halogenated alkanes) is 2. The van der Waals surface area contributed by atoms with E-state index in [1.165, 1.54) is 12.8 Å². The number of amides is 2. The molecule has 0 bridgehead atoms. The summed E-state index contributed by atoms with van der Waals surface area (Å²) in [4.78, 5) is 29.1. The molecule has 0 aromatic rings. The van der Waals surface area contributed by atoms with E-state index in [-0.39, 0.29) is 17.7 Å². The lowest BCUT2D eigenvalue weighted by Gasteiger charge is -2.27. The molecule has 0 spiro atoms. The molecule has 0 N–H and O–H groups in total. The van der Waals surface area contributed by atoms with Gasteiger partial charge in [-0.3, -0.25) is 9.59 Å². The molecule has 4 heteroatoms. The van der Waals surface area contributed by atoms with Crippen molar-refractivity contribution >= 4 is 11.8 Å². The highest BCUT2D eigenvalue weighted by atomic mass is 16.2. The van der Waals surface area contributed by atoms with Crippen LogP contribution in [0.2, 0.25) is 0 Å². The van der Waals surface area contributed by atoms with E-state index in [0.29, 0.717) is 19.0 Å². The Morgan fingerprint density at radius 2 is 1.73 bits per heavy atom. The predicted molar refractivity (Wildman–Crippen MR) is 88.5 cm³/mol. The van der Waals surface area contributed by atoms with Gasteiger partial charge >= 0.3 is 0 Å². The smallest absolute Gasteiger partial charge is 0.227 e. The van der Waals surface area contributed by atoms with Crippen molar-refractivity contribution in [2.24, 2.45) is 5.92 Å². The van der Waals surface area contributed by atoms with Gasteiger partial charge in [0.1, 0.15) is 0 Å². The van der Waals surface area contributed by atoms with Gasteiger partial charge in [0.2, 0.25) is 11.8 Å². The third-order valence-corrected chi connectivity index (χ3v) is 5.15. The Labute approximate surface area is 135 Å². The maximum absolute atomic E-state index is 12.8. The lowest BCUT2D eigenvalue weighted by atomic mass is 10.1. The number of rotatable bonds is 8. The Morgan fingerprint density at radius 3 is 2.27 bits per heavy atom. The molecule has 1 aliphatic heterocycles. The van der Waals surface area contributed by atoms with Crippen LogP contribution in [0.25, 0.3) is 0 Å². The van der Waals surface area contributed by atoms with Crippen LogP contribution in [0.3, 0.4) is 0 Å². The highest BCUT2D eigenvalue weighted by Crippen LogP contribution is 2.30. The number of hydrogen-bond acceptors (Lipinski definition) is 2. The van der Waals surface area contributed by atoms with Crippen molar-refractivity contribution in [1.29, 1.82) is 0 Å². The van der Waals surface area contributed by atoms with Crippen molar-refractivity contribution in [2.75, 3.05) is 19.6 Å². The van der Waals surface area contributed by atoms with Crippen molar-refractivity contribution in [3.05, 3.63) is 0 Å². The zero-order valence-corrected chi connectivity index (χ0v) is 14.4. The number of hydrogen-bond donors (Lipinski definition) is 0. The largest absolute Gasteiger partial charge is 0.342 e. The minimum atomic E-state index is -0.0955. The van der Waals surface area contributed by atoms with Gasteiger partial charge in [0.15, 0.2) is 0 Å². The molecule has 2 aliphatic rings. The summed E-state index contributed by atoms with van der Waals surface area (Å²) in [6.45, 7) is 6.68. The number of carbonyl (C=O) groups excluding carboxylic acids is 2. The summed E-state index contributed by atoms with van der Waals surface area (Å²) in [6, 6.07) is 0.407. The zero-order valence-electron chi connectivity index (χ0n) is 14.4. The first-order valence-electron chi connectivity index (χ1n) is 9.25. The summed E-state index contributed by atoms with van der Waals surface area (Å²) >= 11 is 0. The molecule has 22 heavy (non-hydrogen) atoms. The van der Waals surface area contributed by atoms with Crippen LogP contribution in [0, 0.1) is 5.92 Å². The molecule has 126 valence electrons. The summed E-state index contributed by atoms with van der Waals surface area (Å²) in [5, 5.41) is 0. The van der Waals surface area contributed by atoms with Gasteiger partial charge in [-0.05, 0) is 25.7 Å². The fourth-order valence-corrected chi connectivity index (χ4v) is 3.75. The Bertz CT molecular complexity index is 369. The molecule has 0 aromatic heterocycles.